The summed E-state index contributed by atoms with van der Waals surface area (Å²) < 4.78 is 13.3. The van der Waals surface area contributed by atoms with Crippen LogP contribution in [0.15, 0.2) is 23.2 Å². The molecule has 1 aromatic heterocycles. The van der Waals surface area contributed by atoms with E-state index in [-0.39, 0.29) is 5.75 Å². The highest BCUT2D eigenvalue weighted by atomic mass is 32.1. The Kier molecular flexibility index (Phi) is 5.92. The third-order valence-electron chi connectivity index (χ3n) is 3.40. The van der Waals surface area contributed by atoms with Gasteiger partial charge < -0.3 is 15.7 Å². The van der Waals surface area contributed by atoms with Gasteiger partial charge in [-0.1, -0.05) is 6.07 Å². The van der Waals surface area contributed by atoms with Gasteiger partial charge in [0.1, 0.15) is 0 Å². The first-order valence-electron chi connectivity index (χ1n) is 7.34. The van der Waals surface area contributed by atoms with Crippen LogP contribution in [-0.2, 0) is 13.0 Å². The van der Waals surface area contributed by atoms with E-state index in [1.807, 2.05) is 6.92 Å². The van der Waals surface area contributed by atoms with Crippen LogP contribution in [-0.4, -0.2) is 29.6 Å². The standard InChI is InChI=1S/C16H21FN4OS/c1-10-11(2)23-15(21-10)6-7-19-16(18-3)20-9-12-4-5-14(22)13(17)8-12/h4-5,8,22H,6-7,9H2,1-3H3,(H2,18,19,20). The van der Waals surface area contributed by atoms with E-state index >= 15 is 0 Å². The van der Waals surface area contributed by atoms with Crippen molar-refractivity contribution in [2.24, 2.45) is 4.99 Å². The minimum Gasteiger partial charge on any atom is -0.505 e. The van der Waals surface area contributed by atoms with Gasteiger partial charge in [0.25, 0.3) is 0 Å². The number of aromatic hydroxyl groups is 1. The number of halogens is 1. The van der Waals surface area contributed by atoms with Crippen LogP contribution in [0.3, 0.4) is 0 Å². The Bertz CT molecular complexity index is 680. The second kappa shape index (κ2) is 7.92. The molecule has 3 N–H and O–H groups in total. The van der Waals surface area contributed by atoms with Crippen molar-refractivity contribution < 1.29 is 9.50 Å². The number of phenols is 1. The van der Waals surface area contributed by atoms with E-state index in [9.17, 15) is 9.50 Å². The number of rotatable bonds is 5. The average Bonchev–Trinajstić information content (AvgIpc) is 2.84. The Morgan fingerprint density at radius 2 is 2.13 bits per heavy atom. The molecule has 0 aliphatic carbocycles. The summed E-state index contributed by atoms with van der Waals surface area (Å²) in [6.07, 6.45) is 0.827. The first-order chi connectivity index (χ1) is 11.0. The SMILES string of the molecule is CN=C(NCCc1nc(C)c(C)s1)NCc1ccc(O)c(F)c1. The van der Waals surface area contributed by atoms with Crippen LogP contribution >= 0.6 is 11.3 Å². The van der Waals surface area contributed by atoms with Crippen LogP contribution in [0.1, 0.15) is 21.1 Å². The van der Waals surface area contributed by atoms with Gasteiger partial charge in [-0.2, -0.15) is 0 Å². The number of thiazole rings is 1. The highest BCUT2D eigenvalue weighted by molar-refractivity contribution is 7.11. The zero-order chi connectivity index (χ0) is 16.8. The molecule has 0 unspecified atom stereocenters. The van der Waals surface area contributed by atoms with Crippen LogP contribution in [0.25, 0.3) is 0 Å². The maximum absolute atomic E-state index is 13.3. The molecule has 0 radical (unpaired) electrons. The Hall–Kier alpha value is -2.15. The van der Waals surface area contributed by atoms with Gasteiger partial charge >= 0.3 is 0 Å². The monoisotopic (exact) mass is 336 g/mol. The summed E-state index contributed by atoms with van der Waals surface area (Å²) in [5.74, 6) is -0.324. The number of aryl methyl sites for hydroxylation is 2. The first-order valence-corrected chi connectivity index (χ1v) is 8.16. The number of nitrogens with zero attached hydrogens (tertiary/aromatic N) is 2. The van der Waals surface area contributed by atoms with Crippen molar-refractivity contribution in [3.63, 3.8) is 0 Å². The second-order valence-corrected chi connectivity index (χ2v) is 6.43. The third kappa shape index (κ3) is 4.92. The van der Waals surface area contributed by atoms with Crippen LogP contribution in [0.4, 0.5) is 4.39 Å². The quantitative estimate of drug-likeness (QED) is 0.580. The lowest BCUT2D eigenvalue weighted by atomic mass is 10.2. The van der Waals surface area contributed by atoms with E-state index in [1.165, 1.54) is 17.0 Å². The molecule has 2 aromatic rings. The van der Waals surface area contributed by atoms with E-state index in [1.54, 1.807) is 24.5 Å². The van der Waals surface area contributed by atoms with Crippen LogP contribution in [0.2, 0.25) is 0 Å². The molecule has 0 amide bonds. The van der Waals surface area contributed by atoms with Gasteiger partial charge in [-0.3, -0.25) is 4.99 Å². The molecule has 0 saturated heterocycles. The molecule has 0 saturated carbocycles. The van der Waals surface area contributed by atoms with Crippen LogP contribution in [0, 0.1) is 19.7 Å². The number of nitrogens with one attached hydrogen (secondary N) is 2. The molecule has 0 bridgehead atoms. The summed E-state index contributed by atoms with van der Waals surface area (Å²) in [4.78, 5) is 9.88. The zero-order valence-corrected chi connectivity index (χ0v) is 14.3. The Morgan fingerprint density at radius 3 is 2.74 bits per heavy atom. The molecule has 1 heterocycles. The van der Waals surface area contributed by atoms with Crippen molar-refractivity contribution in [2.75, 3.05) is 13.6 Å². The molecule has 2 rings (SSSR count). The maximum Gasteiger partial charge on any atom is 0.191 e. The van der Waals surface area contributed by atoms with Gasteiger partial charge in [0.05, 0.1) is 10.7 Å². The fraction of sp³-hybridized carbons (Fsp3) is 0.375. The average molecular weight is 336 g/mol. The highest BCUT2D eigenvalue weighted by Gasteiger charge is 2.05. The van der Waals surface area contributed by atoms with Gasteiger partial charge in [0.2, 0.25) is 0 Å². The number of hydrogen-bond acceptors (Lipinski definition) is 4. The van der Waals surface area contributed by atoms with Gasteiger partial charge in [-0.05, 0) is 31.5 Å². The second-order valence-electron chi connectivity index (χ2n) is 5.14. The van der Waals surface area contributed by atoms with Crippen molar-refractivity contribution in [1.29, 1.82) is 0 Å². The molecule has 1 aromatic carbocycles. The highest BCUT2D eigenvalue weighted by Crippen LogP contribution is 2.17. The van der Waals surface area contributed by atoms with Crippen molar-refractivity contribution in [3.05, 3.63) is 45.2 Å². The van der Waals surface area contributed by atoms with Gasteiger partial charge in [-0.25, -0.2) is 9.37 Å². The summed E-state index contributed by atoms with van der Waals surface area (Å²) >= 11 is 1.71. The van der Waals surface area contributed by atoms with Gasteiger partial charge in [0, 0.05) is 31.4 Å². The molecule has 0 fully saturated rings. The number of phenolic OH excluding ortho intramolecular Hbond substituents is 1. The molecular weight excluding hydrogens is 315 g/mol. The van der Waals surface area contributed by atoms with Crippen molar-refractivity contribution in [1.82, 2.24) is 15.6 Å². The van der Waals surface area contributed by atoms with Crippen LogP contribution < -0.4 is 10.6 Å². The molecular formula is C16H21FN4OS. The van der Waals surface area contributed by atoms with E-state index in [2.05, 4.69) is 27.5 Å². The summed E-state index contributed by atoms with van der Waals surface area (Å²) in [5, 5.41) is 16.6. The molecule has 5 nitrogen and oxygen atoms in total. The fourth-order valence-electron chi connectivity index (χ4n) is 2.00. The Balaban J connectivity index is 1.80. The summed E-state index contributed by atoms with van der Waals surface area (Å²) in [6, 6.07) is 4.31. The molecule has 124 valence electrons. The van der Waals surface area contributed by atoms with Crippen molar-refractivity contribution >= 4 is 17.3 Å². The largest absolute Gasteiger partial charge is 0.505 e. The number of benzene rings is 1. The van der Waals surface area contributed by atoms with E-state index in [4.69, 9.17) is 0 Å². The Morgan fingerprint density at radius 1 is 1.35 bits per heavy atom. The minimum atomic E-state index is -0.623. The molecule has 0 atom stereocenters. The topological polar surface area (TPSA) is 69.5 Å². The van der Waals surface area contributed by atoms with Crippen molar-refractivity contribution in [2.45, 2.75) is 26.8 Å². The van der Waals surface area contributed by atoms with Crippen LogP contribution in [0.5, 0.6) is 5.75 Å². The molecule has 0 aliphatic rings. The van der Waals surface area contributed by atoms with Gasteiger partial charge in [-0.15, -0.1) is 11.3 Å². The normalized spacial score (nSPS) is 11.6. The summed E-state index contributed by atoms with van der Waals surface area (Å²) in [7, 11) is 1.68. The van der Waals surface area contributed by atoms with E-state index in [0.29, 0.717) is 12.5 Å². The first kappa shape index (κ1) is 17.2. The third-order valence-corrected chi connectivity index (χ3v) is 4.53. The molecule has 7 heteroatoms. The fourth-order valence-corrected chi connectivity index (χ4v) is 2.93. The lowest BCUT2D eigenvalue weighted by molar-refractivity contribution is 0.431. The number of guanidine groups is 1. The Labute approximate surface area is 139 Å². The zero-order valence-electron chi connectivity index (χ0n) is 13.5. The van der Waals surface area contributed by atoms with Crippen molar-refractivity contribution in [3.8, 4) is 5.75 Å². The van der Waals surface area contributed by atoms with Gasteiger partial charge in [0.15, 0.2) is 17.5 Å². The lowest BCUT2D eigenvalue weighted by Crippen LogP contribution is -2.37. The molecule has 0 aliphatic heterocycles. The predicted octanol–water partition coefficient (Wildman–Crippen LogP) is 2.51. The molecule has 23 heavy (non-hydrogen) atoms. The summed E-state index contributed by atoms with van der Waals surface area (Å²) in [6.45, 7) is 5.23. The summed E-state index contributed by atoms with van der Waals surface area (Å²) in [5.41, 5.74) is 1.82. The molecule has 0 spiro atoms. The van der Waals surface area contributed by atoms with E-state index < -0.39 is 5.82 Å². The maximum atomic E-state index is 13.3. The smallest absolute Gasteiger partial charge is 0.191 e. The minimum absolute atomic E-state index is 0.342. The van der Waals surface area contributed by atoms with E-state index in [0.717, 1.165) is 29.2 Å². The number of aromatic nitrogens is 1. The lowest BCUT2D eigenvalue weighted by Gasteiger charge is -2.11. The predicted molar refractivity (Wildman–Crippen MR) is 91.6 cm³/mol. The number of hydrogen-bond donors (Lipinski definition) is 3. The number of aliphatic imine (C=N–C) groups is 1.